The van der Waals surface area contributed by atoms with E-state index in [0.29, 0.717) is 29.4 Å². The number of nitrogens with zero attached hydrogens (tertiary/aromatic N) is 3. The third kappa shape index (κ3) is 8.08. The van der Waals surface area contributed by atoms with E-state index in [1.54, 1.807) is 48.5 Å². The Bertz CT molecular complexity index is 2040. The number of carbonyl (C=O) groups is 1. The molecule has 5 rings (SSSR count). The molecule has 0 unspecified atom stereocenters. The Balaban J connectivity index is 0.00000520. The van der Waals surface area contributed by atoms with Crippen LogP contribution in [0.15, 0.2) is 77.6 Å². The van der Waals surface area contributed by atoms with E-state index in [9.17, 15) is 28.0 Å². The molecule has 12 heteroatoms. The number of alkyl halides is 3. The second-order valence-electron chi connectivity index (χ2n) is 11.6. The highest BCUT2D eigenvalue weighted by molar-refractivity contribution is 5.95. The predicted octanol–water partition coefficient (Wildman–Crippen LogP) is 7.87. The van der Waals surface area contributed by atoms with Gasteiger partial charge in [-0.15, -0.1) is 12.4 Å². The first kappa shape index (κ1) is 35.8. The number of aromatic amines is 1. The van der Waals surface area contributed by atoms with Gasteiger partial charge in [-0.1, -0.05) is 23.8 Å². The largest absolute Gasteiger partial charge is 0.461 e. The van der Waals surface area contributed by atoms with Crippen molar-refractivity contribution < 1.29 is 27.4 Å². The van der Waals surface area contributed by atoms with Gasteiger partial charge in [0, 0.05) is 17.4 Å². The van der Waals surface area contributed by atoms with E-state index in [-0.39, 0.29) is 24.6 Å². The fourth-order valence-electron chi connectivity index (χ4n) is 5.31. The van der Waals surface area contributed by atoms with Crippen molar-refractivity contribution in [2.45, 2.75) is 33.0 Å². The Morgan fingerprint density at radius 1 is 0.979 bits per heavy atom. The summed E-state index contributed by atoms with van der Waals surface area (Å²) in [6.45, 7) is 4.87. The molecule has 0 saturated heterocycles. The maximum Gasteiger partial charge on any atom is 0.417 e. The maximum absolute atomic E-state index is 14.0. The Morgan fingerprint density at radius 3 is 2.33 bits per heavy atom. The standard InChI is InChI=1S/C36H33F3N4O4.ClH/c1-22-6-7-25(23(2)16-22)21-43-33(19-30(36(37,38)39)29(20-40)34(43)44)24-8-10-27(11-9-24)47-28-12-13-31-26(17-28)18-32(41-31)35(45)46-15-5-14-42(3)4;/h6-13,16-19,41H,5,14-15,21H2,1-4H3;1H. The van der Waals surface area contributed by atoms with Crippen LogP contribution in [0.2, 0.25) is 0 Å². The molecule has 0 spiro atoms. The van der Waals surface area contributed by atoms with Gasteiger partial charge in [0.05, 0.1) is 24.4 Å². The summed E-state index contributed by atoms with van der Waals surface area (Å²) >= 11 is 0. The minimum absolute atomic E-state index is 0. The topological polar surface area (TPSA) is 100 Å². The van der Waals surface area contributed by atoms with Crippen molar-refractivity contribution in [3.63, 3.8) is 0 Å². The van der Waals surface area contributed by atoms with E-state index in [1.807, 2.05) is 51.0 Å². The smallest absolute Gasteiger partial charge is 0.417 e. The number of ether oxygens (including phenoxy) is 2. The molecule has 0 radical (unpaired) electrons. The Hall–Kier alpha value is -5.05. The highest BCUT2D eigenvalue weighted by Gasteiger charge is 2.36. The number of H-pyrrole nitrogens is 1. The third-order valence-electron chi connectivity index (χ3n) is 7.72. The number of fused-ring (bicyclic) bond motifs is 1. The summed E-state index contributed by atoms with van der Waals surface area (Å²) in [5, 5.41) is 10.3. The van der Waals surface area contributed by atoms with Crippen LogP contribution in [0.4, 0.5) is 13.2 Å². The highest BCUT2D eigenvalue weighted by Crippen LogP contribution is 2.35. The molecule has 250 valence electrons. The van der Waals surface area contributed by atoms with Crippen LogP contribution >= 0.6 is 12.4 Å². The van der Waals surface area contributed by atoms with E-state index in [1.165, 1.54) is 10.6 Å². The maximum atomic E-state index is 14.0. The van der Waals surface area contributed by atoms with E-state index >= 15 is 0 Å². The number of benzene rings is 3. The lowest BCUT2D eigenvalue weighted by atomic mass is 10.0. The van der Waals surface area contributed by atoms with Gasteiger partial charge in [0.2, 0.25) is 0 Å². The van der Waals surface area contributed by atoms with Crippen LogP contribution in [0, 0.1) is 25.2 Å². The van der Waals surface area contributed by atoms with Gasteiger partial charge < -0.3 is 23.9 Å². The van der Waals surface area contributed by atoms with Gasteiger partial charge in [-0.2, -0.15) is 18.4 Å². The van der Waals surface area contributed by atoms with E-state index < -0.39 is 28.8 Å². The number of halogens is 4. The average Bonchev–Trinajstić information content (AvgIpc) is 3.45. The summed E-state index contributed by atoms with van der Waals surface area (Å²) in [4.78, 5) is 30.9. The van der Waals surface area contributed by atoms with Crippen molar-refractivity contribution in [3.05, 3.63) is 117 Å². The molecule has 3 aromatic carbocycles. The van der Waals surface area contributed by atoms with Crippen molar-refractivity contribution in [1.29, 1.82) is 5.26 Å². The zero-order chi connectivity index (χ0) is 33.9. The second-order valence-corrected chi connectivity index (χ2v) is 11.6. The number of hydrogen-bond acceptors (Lipinski definition) is 6. The van der Waals surface area contributed by atoms with E-state index in [4.69, 9.17) is 9.47 Å². The normalized spacial score (nSPS) is 11.3. The Kier molecular flexibility index (Phi) is 11.0. The fraction of sp³-hybridized carbons (Fsp3) is 0.250. The summed E-state index contributed by atoms with van der Waals surface area (Å²) in [5.41, 5.74) is 0.748. The number of aryl methyl sites for hydroxylation is 2. The van der Waals surface area contributed by atoms with Crippen LogP contribution in [0.25, 0.3) is 22.2 Å². The summed E-state index contributed by atoms with van der Waals surface area (Å²) in [5.74, 6) is 0.419. The average molecular weight is 679 g/mol. The lowest BCUT2D eigenvalue weighted by Gasteiger charge is -2.19. The zero-order valence-electron chi connectivity index (χ0n) is 26.8. The molecule has 0 aliphatic heterocycles. The first-order valence-electron chi connectivity index (χ1n) is 14.9. The van der Waals surface area contributed by atoms with Crippen LogP contribution in [-0.2, 0) is 17.5 Å². The van der Waals surface area contributed by atoms with Crippen molar-refractivity contribution in [2.75, 3.05) is 27.2 Å². The number of pyridine rings is 1. The highest BCUT2D eigenvalue weighted by atomic mass is 35.5. The van der Waals surface area contributed by atoms with Gasteiger partial charge in [0.1, 0.15) is 28.8 Å². The van der Waals surface area contributed by atoms with Crippen molar-refractivity contribution in [3.8, 4) is 28.8 Å². The first-order chi connectivity index (χ1) is 22.3. The quantitative estimate of drug-likeness (QED) is 0.119. The van der Waals surface area contributed by atoms with Gasteiger partial charge in [0.25, 0.3) is 5.56 Å². The monoisotopic (exact) mass is 678 g/mol. The summed E-state index contributed by atoms with van der Waals surface area (Å²) in [7, 11) is 3.89. The minimum atomic E-state index is -4.90. The first-order valence-corrected chi connectivity index (χ1v) is 14.9. The molecule has 0 bridgehead atoms. The summed E-state index contributed by atoms with van der Waals surface area (Å²) in [6, 6.07) is 21.1. The molecule has 2 heterocycles. The lowest BCUT2D eigenvalue weighted by Crippen LogP contribution is -2.29. The van der Waals surface area contributed by atoms with Crippen LogP contribution in [-0.4, -0.2) is 47.7 Å². The summed E-state index contributed by atoms with van der Waals surface area (Å²) < 4.78 is 54.5. The van der Waals surface area contributed by atoms with Gasteiger partial charge >= 0.3 is 12.1 Å². The Morgan fingerprint density at radius 2 is 1.69 bits per heavy atom. The number of aromatic nitrogens is 2. The van der Waals surface area contributed by atoms with Crippen LogP contribution in [0.5, 0.6) is 11.5 Å². The molecule has 5 aromatic rings. The molecule has 8 nitrogen and oxygen atoms in total. The molecule has 0 amide bonds. The molecule has 0 saturated carbocycles. The van der Waals surface area contributed by atoms with Gasteiger partial charge in [0.15, 0.2) is 0 Å². The van der Waals surface area contributed by atoms with Gasteiger partial charge in [-0.3, -0.25) is 4.79 Å². The number of esters is 1. The number of carbonyl (C=O) groups excluding carboxylic acids is 1. The minimum Gasteiger partial charge on any atom is -0.461 e. The number of nitrogens with one attached hydrogen (secondary N) is 1. The van der Waals surface area contributed by atoms with Crippen LogP contribution < -0.4 is 10.3 Å². The van der Waals surface area contributed by atoms with Crippen molar-refractivity contribution in [1.82, 2.24) is 14.5 Å². The van der Waals surface area contributed by atoms with Gasteiger partial charge in [-0.05, 0) is 106 Å². The van der Waals surface area contributed by atoms with E-state index in [0.717, 1.165) is 46.6 Å². The SMILES string of the molecule is Cc1ccc(Cn2c(-c3ccc(Oc4ccc5[nH]c(C(=O)OCCCN(C)C)cc5c4)cc3)cc(C(F)(F)F)c(C#N)c2=O)c(C)c1.Cl. The molecule has 0 aliphatic carbocycles. The van der Waals surface area contributed by atoms with Crippen molar-refractivity contribution in [2.24, 2.45) is 0 Å². The molecule has 0 fully saturated rings. The fourth-order valence-corrected chi connectivity index (χ4v) is 5.31. The lowest BCUT2D eigenvalue weighted by molar-refractivity contribution is -0.137. The zero-order valence-corrected chi connectivity index (χ0v) is 27.6. The molecule has 0 aliphatic rings. The third-order valence-corrected chi connectivity index (χ3v) is 7.72. The summed E-state index contributed by atoms with van der Waals surface area (Å²) in [6.07, 6.45) is -4.19. The van der Waals surface area contributed by atoms with Crippen LogP contribution in [0.3, 0.4) is 0 Å². The Labute approximate surface area is 281 Å². The predicted molar refractivity (Wildman–Crippen MR) is 180 cm³/mol. The number of nitriles is 1. The van der Waals surface area contributed by atoms with Gasteiger partial charge in [-0.25, -0.2) is 4.79 Å². The number of hydrogen-bond donors (Lipinski definition) is 1. The second kappa shape index (κ2) is 14.8. The van der Waals surface area contributed by atoms with Crippen LogP contribution in [0.1, 0.15) is 44.7 Å². The van der Waals surface area contributed by atoms with E-state index in [2.05, 4.69) is 4.98 Å². The molecular formula is C36H34ClF3N4O4. The molecule has 48 heavy (non-hydrogen) atoms. The molecule has 1 N–H and O–H groups in total. The van der Waals surface area contributed by atoms with Crippen molar-refractivity contribution >= 4 is 29.3 Å². The molecular weight excluding hydrogens is 645 g/mol. The molecule has 2 aromatic heterocycles. The number of rotatable bonds is 10. The molecule has 0 atom stereocenters.